The Morgan fingerprint density at radius 2 is 2.06 bits per heavy atom. The van der Waals surface area contributed by atoms with Crippen molar-refractivity contribution in [3.8, 4) is 0 Å². The first kappa shape index (κ1) is 11.7. The lowest BCUT2D eigenvalue weighted by molar-refractivity contribution is 0.660. The fourth-order valence-corrected chi connectivity index (χ4v) is 2.79. The summed E-state index contributed by atoms with van der Waals surface area (Å²) >= 11 is 1.89. The molecule has 16 heavy (non-hydrogen) atoms. The molecule has 88 valence electrons. The summed E-state index contributed by atoms with van der Waals surface area (Å²) in [5.74, 6) is 3.69. The summed E-state index contributed by atoms with van der Waals surface area (Å²) in [7, 11) is 0. The van der Waals surface area contributed by atoms with Gasteiger partial charge >= 0.3 is 0 Å². The maximum atomic E-state index is 5.99. The van der Waals surface area contributed by atoms with Crippen molar-refractivity contribution in [1.29, 1.82) is 0 Å². The molecular formula is C12H19N3S. The van der Waals surface area contributed by atoms with Crippen molar-refractivity contribution in [2.24, 2.45) is 0 Å². The zero-order chi connectivity index (χ0) is 11.4. The summed E-state index contributed by atoms with van der Waals surface area (Å²) in [5.41, 5.74) is 8.39. The number of anilines is 1. The lowest BCUT2D eigenvalue weighted by Gasteiger charge is -2.16. The van der Waals surface area contributed by atoms with Crippen LogP contribution < -0.4 is 5.73 Å². The molecule has 1 heterocycles. The third-order valence-corrected chi connectivity index (χ3v) is 4.00. The van der Waals surface area contributed by atoms with Gasteiger partial charge in [0, 0.05) is 11.3 Å². The van der Waals surface area contributed by atoms with Gasteiger partial charge in [0.15, 0.2) is 0 Å². The molecule has 0 bridgehead atoms. The predicted molar refractivity (Wildman–Crippen MR) is 69.5 cm³/mol. The number of thioether (sulfide) groups is 1. The van der Waals surface area contributed by atoms with Crippen molar-refractivity contribution < 1.29 is 0 Å². The van der Waals surface area contributed by atoms with Crippen LogP contribution in [-0.2, 0) is 18.6 Å². The van der Waals surface area contributed by atoms with Crippen LogP contribution in [0.2, 0.25) is 0 Å². The molecule has 0 saturated heterocycles. The van der Waals surface area contributed by atoms with Gasteiger partial charge in [-0.25, -0.2) is 9.97 Å². The first-order valence-corrected chi connectivity index (χ1v) is 7.18. The number of aryl methyl sites for hydroxylation is 1. The van der Waals surface area contributed by atoms with E-state index in [4.69, 9.17) is 5.73 Å². The molecule has 0 unspecified atom stereocenters. The van der Waals surface area contributed by atoms with E-state index in [-0.39, 0.29) is 0 Å². The molecule has 1 aromatic rings. The zero-order valence-corrected chi connectivity index (χ0v) is 10.6. The molecule has 0 atom stereocenters. The SMILES string of the molecule is CCCSCc1nc(N)c2c(n1)CCCC2. The van der Waals surface area contributed by atoms with Gasteiger partial charge in [0.2, 0.25) is 0 Å². The highest BCUT2D eigenvalue weighted by atomic mass is 32.2. The summed E-state index contributed by atoms with van der Waals surface area (Å²) in [4.78, 5) is 9.04. The molecule has 2 N–H and O–H groups in total. The number of nitrogens with two attached hydrogens (primary N) is 1. The van der Waals surface area contributed by atoms with Gasteiger partial charge in [0.1, 0.15) is 11.6 Å². The molecule has 3 nitrogen and oxygen atoms in total. The van der Waals surface area contributed by atoms with Gasteiger partial charge in [-0.3, -0.25) is 0 Å². The average Bonchev–Trinajstić information content (AvgIpc) is 2.30. The third kappa shape index (κ3) is 2.67. The van der Waals surface area contributed by atoms with Gasteiger partial charge in [-0.2, -0.15) is 11.8 Å². The number of nitrogen functional groups attached to an aromatic ring is 1. The van der Waals surface area contributed by atoms with Crippen molar-refractivity contribution in [3.05, 3.63) is 17.1 Å². The van der Waals surface area contributed by atoms with Gasteiger partial charge in [-0.05, 0) is 37.9 Å². The average molecular weight is 237 g/mol. The smallest absolute Gasteiger partial charge is 0.140 e. The Hall–Kier alpha value is -0.770. The molecular weight excluding hydrogens is 218 g/mol. The van der Waals surface area contributed by atoms with Crippen LogP contribution in [0, 0.1) is 0 Å². The van der Waals surface area contributed by atoms with Crippen LogP contribution in [0.25, 0.3) is 0 Å². The second kappa shape index (κ2) is 5.53. The molecule has 0 saturated carbocycles. The highest BCUT2D eigenvalue weighted by molar-refractivity contribution is 7.98. The van der Waals surface area contributed by atoms with Crippen molar-refractivity contribution >= 4 is 17.6 Å². The van der Waals surface area contributed by atoms with Crippen LogP contribution in [0.1, 0.15) is 43.3 Å². The van der Waals surface area contributed by atoms with Gasteiger partial charge in [0.25, 0.3) is 0 Å². The first-order valence-electron chi connectivity index (χ1n) is 6.03. The van der Waals surface area contributed by atoms with Gasteiger partial charge < -0.3 is 5.73 Å². The molecule has 2 rings (SSSR count). The van der Waals surface area contributed by atoms with E-state index >= 15 is 0 Å². The van der Waals surface area contributed by atoms with Crippen molar-refractivity contribution in [1.82, 2.24) is 9.97 Å². The number of hydrogen-bond acceptors (Lipinski definition) is 4. The molecule has 1 aliphatic rings. The molecule has 0 aliphatic heterocycles. The monoisotopic (exact) mass is 237 g/mol. The fourth-order valence-electron chi connectivity index (χ4n) is 2.05. The lowest BCUT2D eigenvalue weighted by atomic mass is 9.96. The largest absolute Gasteiger partial charge is 0.383 e. The van der Waals surface area contributed by atoms with Crippen LogP contribution in [0.3, 0.4) is 0 Å². The van der Waals surface area contributed by atoms with Crippen LogP contribution in [0.15, 0.2) is 0 Å². The number of fused-ring (bicyclic) bond motifs is 1. The Morgan fingerprint density at radius 3 is 2.88 bits per heavy atom. The first-order chi connectivity index (χ1) is 7.81. The lowest BCUT2D eigenvalue weighted by Crippen LogP contribution is -2.12. The molecule has 1 aromatic heterocycles. The van der Waals surface area contributed by atoms with E-state index in [1.54, 1.807) is 0 Å². The summed E-state index contributed by atoms with van der Waals surface area (Å²) < 4.78 is 0. The van der Waals surface area contributed by atoms with Crippen molar-refractivity contribution in [2.75, 3.05) is 11.5 Å². The fraction of sp³-hybridized carbons (Fsp3) is 0.667. The van der Waals surface area contributed by atoms with E-state index in [9.17, 15) is 0 Å². The summed E-state index contributed by atoms with van der Waals surface area (Å²) in [6, 6.07) is 0. The minimum absolute atomic E-state index is 0.719. The Morgan fingerprint density at radius 1 is 1.25 bits per heavy atom. The molecule has 1 aliphatic carbocycles. The van der Waals surface area contributed by atoms with E-state index in [0.29, 0.717) is 0 Å². The van der Waals surface area contributed by atoms with Gasteiger partial charge in [0.05, 0.1) is 5.75 Å². The van der Waals surface area contributed by atoms with Crippen LogP contribution >= 0.6 is 11.8 Å². The predicted octanol–water partition coefficient (Wildman–Crippen LogP) is 2.58. The number of nitrogens with zero attached hydrogens (tertiary/aromatic N) is 2. The molecule has 0 spiro atoms. The highest BCUT2D eigenvalue weighted by Crippen LogP contribution is 2.24. The van der Waals surface area contributed by atoms with E-state index < -0.39 is 0 Å². The zero-order valence-electron chi connectivity index (χ0n) is 9.83. The standard InChI is InChI=1S/C12H19N3S/c1-2-7-16-8-11-14-10-6-4-3-5-9(10)12(13)15-11/h2-8H2,1H3,(H2,13,14,15). The normalized spacial score (nSPS) is 14.8. The molecule has 0 amide bonds. The topological polar surface area (TPSA) is 51.8 Å². The van der Waals surface area contributed by atoms with Gasteiger partial charge in [-0.15, -0.1) is 0 Å². The van der Waals surface area contributed by atoms with E-state index in [1.807, 2.05) is 11.8 Å². The van der Waals surface area contributed by atoms with Crippen LogP contribution in [-0.4, -0.2) is 15.7 Å². The second-order valence-electron chi connectivity index (χ2n) is 4.21. The Bertz CT molecular complexity index is 366. The van der Waals surface area contributed by atoms with Gasteiger partial charge in [-0.1, -0.05) is 6.92 Å². The minimum atomic E-state index is 0.719. The number of rotatable bonds is 4. The highest BCUT2D eigenvalue weighted by Gasteiger charge is 2.15. The number of aromatic nitrogens is 2. The molecule has 4 heteroatoms. The van der Waals surface area contributed by atoms with Crippen LogP contribution in [0.5, 0.6) is 0 Å². The third-order valence-electron chi connectivity index (χ3n) is 2.84. The summed E-state index contributed by atoms with van der Waals surface area (Å²) in [5, 5.41) is 0. The van der Waals surface area contributed by atoms with E-state index in [1.165, 1.54) is 36.3 Å². The van der Waals surface area contributed by atoms with Crippen LogP contribution in [0.4, 0.5) is 5.82 Å². The summed E-state index contributed by atoms with van der Waals surface area (Å²) in [6.45, 7) is 2.19. The maximum Gasteiger partial charge on any atom is 0.140 e. The Labute approximate surface area is 101 Å². The number of hydrogen-bond donors (Lipinski definition) is 1. The minimum Gasteiger partial charge on any atom is -0.383 e. The molecule has 0 fully saturated rings. The molecule has 0 aromatic carbocycles. The summed E-state index contributed by atoms with van der Waals surface area (Å²) in [6.07, 6.45) is 5.80. The van der Waals surface area contributed by atoms with Crippen molar-refractivity contribution in [2.45, 2.75) is 44.8 Å². The van der Waals surface area contributed by atoms with Crippen molar-refractivity contribution in [3.63, 3.8) is 0 Å². The quantitative estimate of drug-likeness (QED) is 0.818. The molecule has 0 radical (unpaired) electrons. The maximum absolute atomic E-state index is 5.99. The van der Waals surface area contributed by atoms with E-state index in [0.717, 1.165) is 30.2 Å². The van der Waals surface area contributed by atoms with E-state index in [2.05, 4.69) is 16.9 Å². The second-order valence-corrected chi connectivity index (χ2v) is 5.32. The Balaban J connectivity index is 2.12. The Kier molecular flexibility index (Phi) is 4.04.